The molecule has 3 aliphatic rings. The molecule has 2 N–H and O–H groups in total. The third-order valence-corrected chi connectivity index (χ3v) is 7.83. The van der Waals surface area contributed by atoms with E-state index in [1.165, 1.54) is 31.0 Å². The van der Waals surface area contributed by atoms with Crippen LogP contribution in [-0.4, -0.2) is 32.2 Å². The normalized spacial score (nSPS) is 32.0. The molecule has 8 heteroatoms. The second kappa shape index (κ2) is 5.94. The van der Waals surface area contributed by atoms with Crippen LogP contribution in [0.3, 0.4) is 0 Å². The van der Waals surface area contributed by atoms with Crippen molar-refractivity contribution in [2.45, 2.75) is 49.1 Å². The Morgan fingerprint density at radius 2 is 1.96 bits per heavy atom. The Bertz CT molecular complexity index is 984. The molecule has 0 bridgehead atoms. The zero-order valence-corrected chi connectivity index (χ0v) is 15.1. The van der Waals surface area contributed by atoms with E-state index in [0.717, 1.165) is 25.9 Å². The van der Waals surface area contributed by atoms with Gasteiger partial charge in [-0.25, -0.2) is 17.9 Å². The summed E-state index contributed by atoms with van der Waals surface area (Å²) in [5, 5.41) is 0. The Kier molecular flexibility index (Phi) is 3.77. The van der Waals surface area contributed by atoms with Crippen molar-refractivity contribution in [1.29, 1.82) is 0 Å². The van der Waals surface area contributed by atoms with Crippen LogP contribution < -0.4 is 10.5 Å². The fourth-order valence-corrected chi connectivity index (χ4v) is 6.51. The lowest BCUT2D eigenvalue weighted by Gasteiger charge is -2.50. The second-order valence-electron chi connectivity index (χ2n) is 7.73. The predicted molar refractivity (Wildman–Crippen MR) is 94.2 cm³/mol. The maximum atomic E-state index is 13.0. The zero-order chi connectivity index (χ0) is 17.9. The van der Waals surface area contributed by atoms with Gasteiger partial charge in [0, 0.05) is 24.5 Å². The molecule has 0 radical (unpaired) electrons. The van der Waals surface area contributed by atoms with Crippen LogP contribution in [0, 0.1) is 17.8 Å². The number of ether oxygens (including phenoxy) is 1. The van der Waals surface area contributed by atoms with Crippen molar-refractivity contribution < 1.29 is 17.6 Å². The topological polar surface area (TPSA) is 101 Å². The maximum Gasteiger partial charge on any atom is 0.417 e. The van der Waals surface area contributed by atoms with Crippen molar-refractivity contribution >= 4 is 21.1 Å². The molecule has 140 valence electrons. The Morgan fingerprint density at radius 1 is 1.15 bits per heavy atom. The first-order chi connectivity index (χ1) is 12.5. The third kappa shape index (κ3) is 2.54. The molecule has 1 aromatic heterocycles. The van der Waals surface area contributed by atoms with E-state index < -0.39 is 15.8 Å². The first-order valence-electron chi connectivity index (χ1n) is 9.30. The number of aromatic amines is 1. The molecule has 26 heavy (non-hydrogen) atoms. The highest BCUT2D eigenvalue weighted by Crippen LogP contribution is 2.51. The van der Waals surface area contributed by atoms with Crippen LogP contribution in [0.25, 0.3) is 11.1 Å². The molecule has 2 aliphatic carbocycles. The molecule has 1 saturated heterocycles. The number of oxazole rings is 1. The van der Waals surface area contributed by atoms with Crippen LogP contribution in [0.4, 0.5) is 0 Å². The van der Waals surface area contributed by atoms with E-state index in [-0.39, 0.29) is 28.9 Å². The summed E-state index contributed by atoms with van der Waals surface area (Å²) in [7, 11) is -3.67. The predicted octanol–water partition coefficient (Wildman–Crippen LogP) is 1.99. The summed E-state index contributed by atoms with van der Waals surface area (Å²) >= 11 is 0. The average molecular weight is 378 g/mol. The molecule has 0 amide bonds. The molecule has 4 atom stereocenters. The Hall–Kier alpha value is -1.64. The maximum absolute atomic E-state index is 13.0. The summed E-state index contributed by atoms with van der Waals surface area (Å²) in [4.78, 5) is 14.0. The number of H-pyrrole nitrogens is 1. The van der Waals surface area contributed by atoms with Gasteiger partial charge in [-0.15, -0.1) is 0 Å². The van der Waals surface area contributed by atoms with Gasteiger partial charge in [-0.2, -0.15) is 0 Å². The number of sulfonamides is 1. The van der Waals surface area contributed by atoms with Crippen molar-refractivity contribution in [3.05, 3.63) is 28.7 Å². The van der Waals surface area contributed by atoms with Crippen molar-refractivity contribution in [3.8, 4) is 0 Å². The molecular weight excluding hydrogens is 356 g/mol. The highest BCUT2D eigenvalue weighted by Gasteiger charge is 2.57. The van der Waals surface area contributed by atoms with Crippen LogP contribution in [-0.2, 0) is 14.8 Å². The van der Waals surface area contributed by atoms with E-state index in [2.05, 4.69) is 9.71 Å². The zero-order valence-electron chi connectivity index (χ0n) is 14.3. The fourth-order valence-electron chi connectivity index (χ4n) is 5.17. The highest BCUT2D eigenvalue weighted by molar-refractivity contribution is 7.89. The fraction of sp³-hybridized carbons (Fsp3) is 0.611. The van der Waals surface area contributed by atoms with Crippen molar-refractivity contribution in [2.75, 3.05) is 6.61 Å². The van der Waals surface area contributed by atoms with Crippen LogP contribution in [0.1, 0.15) is 32.1 Å². The van der Waals surface area contributed by atoms with E-state index in [1.54, 1.807) is 0 Å². The summed E-state index contributed by atoms with van der Waals surface area (Å²) in [6, 6.07) is 4.38. The molecular formula is C18H22N2O5S. The monoisotopic (exact) mass is 378 g/mol. The number of rotatable bonds is 4. The van der Waals surface area contributed by atoms with Gasteiger partial charge in [-0.1, -0.05) is 25.7 Å². The SMILES string of the molecule is O=c1[nH]c2cc(S(=O)(=O)N[C@H]3[C@@H]4CCO[C@@H]4[C@@H]3C3CCCC3)ccc2o1. The average Bonchev–Trinajstić information content (AvgIpc) is 3.31. The number of hydrogen-bond donors (Lipinski definition) is 2. The number of hydrogen-bond acceptors (Lipinski definition) is 5. The van der Waals surface area contributed by atoms with Crippen molar-refractivity contribution in [1.82, 2.24) is 9.71 Å². The minimum Gasteiger partial charge on any atom is -0.408 e. The molecule has 3 fully saturated rings. The van der Waals surface area contributed by atoms with Crippen LogP contribution in [0.5, 0.6) is 0 Å². The lowest BCUT2D eigenvalue weighted by atomic mass is 9.62. The van der Waals surface area contributed by atoms with Gasteiger partial charge in [0.25, 0.3) is 0 Å². The molecule has 7 nitrogen and oxygen atoms in total. The summed E-state index contributed by atoms with van der Waals surface area (Å²) in [5.74, 6) is 0.508. The highest BCUT2D eigenvalue weighted by atomic mass is 32.2. The summed E-state index contributed by atoms with van der Waals surface area (Å²) in [6.07, 6.45) is 5.90. The smallest absolute Gasteiger partial charge is 0.408 e. The van der Waals surface area contributed by atoms with E-state index in [0.29, 0.717) is 17.0 Å². The van der Waals surface area contributed by atoms with Crippen LogP contribution in [0.15, 0.2) is 32.3 Å². The molecule has 2 aromatic rings. The number of benzene rings is 1. The Balaban J connectivity index is 1.43. The van der Waals surface area contributed by atoms with E-state index >= 15 is 0 Å². The van der Waals surface area contributed by atoms with Gasteiger partial charge < -0.3 is 9.15 Å². The summed E-state index contributed by atoms with van der Waals surface area (Å²) in [5.41, 5.74) is 0.742. The van der Waals surface area contributed by atoms with Gasteiger partial charge in [0.2, 0.25) is 10.0 Å². The van der Waals surface area contributed by atoms with Crippen molar-refractivity contribution in [3.63, 3.8) is 0 Å². The minimum atomic E-state index is -3.67. The lowest BCUT2D eigenvalue weighted by Crippen LogP contribution is -2.63. The number of fused-ring (bicyclic) bond motifs is 2. The van der Waals surface area contributed by atoms with E-state index in [4.69, 9.17) is 9.15 Å². The van der Waals surface area contributed by atoms with Crippen molar-refractivity contribution in [2.24, 2.45) is 17.8 Å². The van der Waals surface area contributed by atoms with Gasteiger partial charge in [0.1, 0.15) is 0 Å². The lowest BCUT2D eigenvalue weighted by molar-refractivity contribution is -0.0746. The molecule has 2 saturated carbocycles. The standard InChI is InChI=1S/C18H22N2O5S/c21-18-19-13-9-11(5-6-14(13)25-18)26(22,23)20-16-12-7-8-24-17(12)15(16)10-3-1-2-4-10/h5-6,9-10,12,15-17,20H,1-4,7-8H2,(H,19,21)/t12-,15+,16-,17-/m0/s1. The second-order valence-corrected chi connectivity index (χ2v) is 9.44. The van der Waals surface area contributed by atoms with E-state index in [9.17, 15) is 13.2 Å². The van der Waals surface area contributed by atoms with Gasteiger partial charge in [0.15, 0.2) is 5.58 Å². The largest absolute Gasteiger partial charge is 0.417 e. The molecule has 1 aromatic carbocycles. The molecule has 2 heterocycles. The number of aromatic nitrogens is 1. The first kappa shape index (κ1) is 16.5. The first-order valence-corrected chi connectivity index (χ1v) is 10.8. The third-order valence-electron chi connectivity index (χ3n) is 6.37. The number of nitrogens with one attached hydrogen (secondary N) is 2. The molecule has 0 unspecified atom stereocenters. The van der Waals surface area contributed by atoms with Crippen LogP contribution in [0.2, 0.25) is 0 Å². The Morgan fingerprint density at radius 3 is 2.77 bits per heavy atom. The summed E-state index contributed by atoms with van der Waals surface area (Å²) < 4.78 is 39.7. The minimum absolute atomic E-state index is 0.0605. The quantitative estimate of drug-likeness (QED) is 0.847. The van der Waals surface area contributed by atoms with Gasteiger partial charge in [0.05, 0.1) is 16.5 Å². The van der Waals surface area contributed by atoms with Gasteiger partial charge in [-0.3, -0.25) is 4.98 Å². The molecule has 1 aliphatic heterocycles. The van der Waals surface area contributed by atoms with Crippen LogP contribution >= 0.6 is 0 Å². The van der Waals surface area contributed by atoms with Gasteiger partial charge >= 0.3 is 5.76 Å². The van der Waals surface area contributed by atoms with E-state index in [1.807, 2.05) is 0 Å². The summed E-state index contributed by atoms with van der Waals surface area (Å²) in [6.45, 7) is 0.721. The molecule has 0 spiro atoms. The molecule has 5 rings (SSSR count). The van der Waals surface area contributed by atoms with Gasteiger partial charge in [-0.05, 0) is 30.5 Å². The Labute approximate surface area is 151 Å².